The third-order valence-electron chi connectivity index (χ3n) is 5.15. The van der Waals surface area contributed by atoms with E-state index in [-0.39, 0.29) is 16.9 Å². The highest BCUT2D eigenvalue weighted by molar-refractivity contribution is 7.89. The topological polar surface area (TPSA) is 75.7 Å². The highest BCUT2D eigenvalue weighted by Crippen LogP contribution is 2.23. The Morgan fingerprint density at radius 2 is 1.73 bits per heavy atom. The van der Waals surface area contributed by atoms with E-state index < -0.39 is 10.0 Å². The lowest BCUT2D eigenvalue weighted by Gasteiger charge is -2.26. The molecule has 1 saturated heterocycles. The molecule has 0 spiro atoms. The molecule has 1 N–H and O–H groups in total. The van der Waals surface area contributed by atoms with Gasteiger partial charge in [-0.3, -0.25) is 4.79 Å². The lowest BCUT2D eigenvalue weighted by atomic mass is 10.1. The first-order chi connectivity index (χ1) is 14.3. The highest BCUT2D eigenvalue weighted by Gasteiger charge is 2.27. The molecular formula is C23H30N2O4S. The van der Waals surface area contributed by atoms with Crippen LogP contribution >= 0.6 is 0 Å². The van der Waals surface area contributed by atoms with Gasteiger partial charge in [0, 0.05) is 25.2 Å². The van der Waals surface area contributed by atoms with Crippen LogP contribution in [0.1, 0.15) is 54.6 Å². The molecule has 1 aliphatic heterocycles. The predicted molar refractivity (Wildman–Crippen MR) is 117 cm³/mol. The van der Waals surface area contributed by atoms with Crippen LogP contribution in [0.15, 0.2) is 47.4 Å². The van der Waals surface area contributed by atoms with E-state index in [1.807, 2.05) is 45.0 Å². The minimum atomic E-state index is -3.58. The SMILES string of the molecule is Cc1ccc(S(=O)(=O)N2CCCCC2)cc1C(=O)NCc1ccc(OC(C)C)cc1. The van der Waals surface area contributed by atoms with Gasteiger partial charge < -0.3 is 10.1 Å². The van der Waals surface area contributed by atoms with Gasteiger partial charge in [-0.25, -0.2) is 8.42 Å². The zero-order chi connectivity index (χ0) is 21.7. The van der Waals surface area contributed by atoms with E-state index >= 15 is 0 Å². The summed E-state index contributed by atoms with van der Waals surface area (Å²) in [4.78, 5) is 12.9. The van der Waals surface area contributed by atoms with Gasteiger partial charge in [-0.15, -0.1) is 0 Å². The number of nitrogens with zero attached hydrogens (tertiary/aromatic N) is 1. The molecule has 2 aromatic rings. The number of sulfonamides is 1. The van der Waals surface area contributed by atoms with Gasteiger partial charge in [0.25, 0.3) is 5.91 Å². The van der Waals surface area contributed by atoms with Crippen LogP contribution in [0, 0.1) is 6.92 Å². The molecule has 0 unspecified atom stereocenters. The lowest BCUT2D eigenvalue weighted by molar-refractivity contribution is 0.0950. The molecule has 0 bridgehead atoms. The molecule has 3 rings (SSSR count). The Labute approximate surface area is 179 Å². The standard InChI is InChI=1S/C23H30N2O4S/c1-17(2)29-20-10-8-19(9-11-20)16-24-23(26)22-15-21(12-7-18(22)3)30(27,28)25-13-5-4-6-14-25/h7-12,15,17H,4-6,13-14,16H2,1-3H3,(H,24,26). The number of nitrogens with one attached hydrogen (secondary N) is 1. The number of carbonyl (C=O) groups excluding carboxylic acids is 1. The van der Waals surface area contributed by atoms with Crippen molar-refractivity contribution in [3.63, 3.8) is 0 Å². The van der Waals surface area contributed by atoms with Crippen LogP contribution in [0.4, 0.5) is 0 Å². The first-order valence-corrected chi connectivity index (χ1v) is 11.9. The number of benzene rings is 2. The van der Waals surface area contributed by atoms with Crippen molar-refractivity contribution in [1.29, 1.82) is 0 Å². The summed E-state index contributed by atoms with van der Waals surface area (Å²) in [6, 6.07) is 12.3. The third kappa shape index (κ3) is 5.40. The van der Waals surface area contributed by atoms with Crippen molar-refractivity contribution in [2.24, 2.45) is 0 Å². The number of hydrogen-bond donors (Lipinski definition) is 1. The quantitative estimate of drug-likeness (QED) is 0.723. The van der Waals surface area contributed by atoms with E-state index in [1.54, 1.807) is 12.1 Å². The zero-order valence-electron chi connectivity index (χ0n) is 17.8. The summed E-state index contributed by atoms with van der Waals surface area (Å²) in [7, 11) is -3.58. The molecule has 1 aliphatic rings. The molecule has 0 aliphatic carbocycles. The molecule has 1 heterocycles. The van der Waals surface area contributed by atoms with E-state index in [0.29, 0.717) is 25.2 Å². The zero-order valence-corrected chi connectivity index (χ0v) is 18.7. The van der Waals surface area contributed by atoms with Gasteiger partial charge in [-0.1, -0.05) is 24.6 Å². The molecule has 1 fully saturated rings. The monoisotopic (exact) mass is 430 g/mol. The Hall–Kier alpha value is -2.38. The summed E-state index contributed by atoms with van der Waals surface area (Å²) in [6.07, 6.45) is 2.91. The fourth-order valence-electron chi connectivity index (χ4n) is 3.50. The Morgan fingerprint density at radius 1 is 1.07 bits per heavy atom. The van der Waals surface area contributed by atoms with Crippen molar-refractivity contribution in [2.75, 3.05) is 13.1 Å². The minimum Gasteiger partial charge on any atom is -0.491 e. The molecule has 30 heavy (non-hydrogen) atoms. The van der Waals surface area contributed by atoms with E-state index in [2.05, 4.69) is 5.32 Å². The van der Waals surface area contributed by atoms with E-state index in [0.717, 1.165) is 36.1 Å². The average Bonchev–Trinajstić information content (AvgIpc) is 2.73. The second-order valence-electron chi connectivity index (χ2n) is 7.93. The molecule has 0 radical (unpaired) electrons. The first kappa shape index (κ1) is 22.3. The maximum absolute atomic E-state index is 12.9. The summed E-state index contributed by atoms with van der Waals surface area (Å²) >= 11 is 0. The summed E-state index contributed by atoms with van der Waals surface area (Å²) < 4.78 is 33.0. The summed E-state index contributed by atoms with van der Waals surface area (Å²) in [5.74, 6) is 0.497. The molecule has 1 amide bonds. The van der Waals surface area contributed by atoms with Crippen molar-refractivity contribution in [1.82, 2.24) is 9.62 Å². The Balaban J connectivity index is 1.70. The molecular weight excluding hydrogens is 400 g/mol. The van der Waals surface area contributed by atoms with E-state index in [4.69, 9.17) is 4.74 Å². The smallest absolute Gasteiger partial charge is 0.251 e. The van der Waals surface area contributed by atoms with Crippen LogP contribution in [0.5, 0.6) is 5.75 Å². The van der Waals surface area contributed by atoms with Crippen LogP contribution in [0.2, 0.25) is 0 Å². The van der Waals surface area contributed by atoms with Crippen molar-refractivity contribution >= 4 is 15.9 Å². The number of carbonyl (C=O) groups is 1. The van der Waals surface area contributed by atoms with Gasteiger partial charge in [0.1, 0.15) is 5.75 Å². The Bertz CT molecular complexity index is 979. The second kappa shape index (κ2) is 9.62. The fourth-order valence-corrected chi connectivity index (χ4v) is 5.04. The van der Waals surface area contributed by atoms with Gasteiger partial charge in [0.2, 0.25) is 10.0 Å². The van der Waals surface area contributed by atoms with E-state index in [1.165, 1.54) is 10.4 Å². The number of rotatable bonds is 7. The van der Waals surface area contributed by atoms with Crippen LogP contribution in [-0.2, 0) is 16.6 Å². The number of hydrogen-bond acceptors (Lipinski definition) is 4. The molecule has 2 aromatic carbocycles. The Morgan fingerprint density at radius 3 is 2.37 bits per heavy atom. The molecule has 0 aromatic heterocycles. The summed E-state index contributed by atoms with van der Waals surface area (Å²) in [6.45, 7) is 7.17. The van der Waals surface area contributed by atoms with Crippen LogP contribution < -0.4 is 10.1 Å². The predicted octanol–water partition coefficient (Wildman–Crippen LogP) is 3.89. The van der Waals surface area contributed by atoms with Crippen LogP contribution in [-0.4, -0.2) is 37.8 Å². The average molecular weight is 431 g/mol. The number of ether oxygens (including phenoxy) is 1. The number of aryl methyl sites for hydroxylation is 1. The summed E-state index contributed by atoms with van der Waals surface area (Å²) in [5.41, 5.74) is 2.06. The van der Waals surface area contributed by atoms with Gasteiger partial charge >= 0.3 is 0 Å². The second-order valence-corrected chi connectivity index (χ2v) is 9.87. The highest BCUT2D eigenvalue weighted by atomic mass is 32.2. The summed E-state index contributed by atoms with van der Waals surface area (Å²) in [5, 5.41) is 2.89. The molecule has 7 heteroatoms. The largest absolute Gasteiger partial charge is 0.491 e. The van der Waals surface area contributed by atoms with Gasteiger partial charge in [-0.2, -0.15) is 4.31 Å². The molecule has 6 nitrogen and oxygen atoms in total. The number of piperidine rings is 1. The number of amides is 1. The van der Waals surface area contributed by atoms with Crippen LogP contribution in [0.3, 0.4) is 0 Å². The molecule has 0 atom stereocenters. The van der Waals surface area contributed by atoms with Crippen molar-refractivity contribution in [3.8, 4) is 5.75 Å². The lowest BCUT2D eigenvalue weighted by Crippen LogP contribution is -2.35. The van der Waals surface area contributed by atoms with Gasteiger partial charge in [0.15, 0.2) is 0 Å². The van der Waals surface area contributed by atoms with Crippen LogP contribution in [0.25, 0.3) is 0 Å². The van der Waals surface area contributed by atoms with Gasteiger partial charge in [-0.05, 0) is 69.0 Å². The van der Waals surface area contributed by atoms with Crippen molar-refractivity contribution in [2.45, 2.75) is 57.6 Å². The maximum Gasteiger partial charge on any atom is 0.251 e. The molecule has 0 saturated carbocycles. The Kier molecular flexibility index (Phi) is 7.15. The third-order valence-corrected chi connectivity index (χ3v) is 7.05. The first-order valence-electron chi connectivity index (χ1n) is 10.4. The van der Waals surface area contributed by atoms with E-state index in [9.17, 15) is 13.2 Å². The maximum atomic E-state index is 12.9. The van der Waals surface area contributed by atoms with Crippen molar-refractivity contribution < 1.29 is 17.9 Å². The minimum absolute atomic E-state index is 0.104. The van der Waals surface area contributed by atoms with Gasteiger partial charge in [0.05, 0.1) is 11.0 Å². The van der Waals surface area contributed by atoms with Crippen molar-refractivity contribution in [3.05, 3.63) is 59.2 Å². The fraction of sp³-hybridized carbons (Fsp3) is 0.435. The molecule has 162 valence electrons. The normalized spacial score (nSPS) is 15.2.